The third-order valence-electron chi connectivity index (χ3n) is 10.9. The first-order valence-electron chi connectivity index (χ1n) is 17.9. The van der Waals surface area contributed by atoms with Crippen molar-refractivity contribution in [2.75, 3.05) is 0 Å². The zero-order valence-electron chi connectivity index (χ0n) is 28.4. The minimum atomic E-state index is 1.17. The van der Waals surface area contributed by atoms with Crippen LogP contribution in [-0.2, 0) is 0 Å². The lowest BCUT2D eigenvalue weighted by molar-refractivity contribution is 1.18. The summed E-state index contributed by atoms with van der Waals surface area (Å²) in [5, 5.41) is 10.0. The fraction of sp³-hybridized carbons (Fsp3) is 0. The van der Waals surface area contributed by atoms with Crippen LogP contribution in [0.5, 0.6) is 0 Å². The van der Waals surface area contributed by atoms with Crippen molar-refractivity contribution in [2.45, 2.75) is 0 Å². The van der Waals surface area contributed by atoms with Crippen LogP contribution in [0.3, 0.4) is 0 Å². The van der Waals surface area contributed by atoms with Gasteiger partial charge in [-0.05, 0) is 104 Å². The van der Waals surface area contributed by atoms with Crippen LogP contribution < -0.4 is 0 Å². The van der Waals surface area contributed by atoms with E-state index in [1.54, 1.807) is 0 Å². The first-order chi connectivity index (χ1) is 25.8. The molecule has 0 radical (unpaired) electrons. The van der Waals surface area contributed by atoms with E-state index in [1.807, 2.05) is 0 Å². The highest BCUT2D eigenvalue weighted by Gasteiger charge is 2.17. The minimum Gasteiger partial charge on any atom is -0.309 e. The lowest BCUT2D eigenvalue weighted by atomic mass is 9.90. The molecule has 242 valence electrons. The van der Waals surface area contributed by atoms with Crippen molar-refractivity contribution in [1.82, 2.24) is 9.13 Å². The Kier molecular flexibility index (Phi) is 6.28. The number of hydrogen-bond acceptors (Lipinski definition) is 0. The molecule has 0 aliphatic heterocycles. The highest BCUT2D eigenvalue weighted by atomic mass is 15.0. The van der Waals surface area contributed by atoms with Gasteiger partial charge in [0.15, 0.2) is 0 Å². The van der Waals surface area contributed by atoms with Crippen LogP contribution in [0.4, 0.5) is 0 Å². The van der Waals surface area contributed by atoms with Gasteiger partial charge in [-0.2, -0.15) is 0 Å². The van der Waals surface area contributed by atoms with E-state index in [2.05, 4.69) is 203 Å². The van der Waals surface area contributed by atoms with Crippen molar-refractivity contribution in [3.63, 3.8) is 0 Å². The Morgan fingerprint density at radius 1 is 0.269 bits per heavy atom. The zero-order valence-corrected chi connectivity index (χ0v) is 28.4. The van der Waals surface area contributed by atoms with Gasteiger partial charge >= 0.3 is 0 Å². The van der Waals surface area contributed by atoms with Crippen LogP contribution >= 0.6 is 0 Å². The topological polar surface area (TPSA) is 9.86 Å². The van der Waals surface area contributed by atoms with Crippen molar-refractivity contribution in [2.24, 2.45) is 0 Å². The monoisotopic (exact) mass is 660 g/mol. The molecule has 0 saturated heterocycles. The van der Waals surface area contributed by atoms with Crippen LogP contribution in [0.2, 0.25) is 0 Å². The molecule has 0 amide bonds. The summed E-state index contributed by atoms with van der Waals surface area (Å²) >= 11 is 0. The summed E-state index contributed by atoms with van der Waals surface area (Å²) in [5.74, 6) is 0. The molecule has 0 spiro atoms. The van der Waals surface area contributed by atoms with Gasteiger partial charge in [0.1, 0.15) is 0 Å². The molecular formula is C50H32N2. The molecule has 0 N–H and O–H groups in total. The Hall–Kier alpha value is -6.90. The number of para-hydroxylation sites is 3. The molecule has 0 fully saturated rings. The summed E-state index contributed by atoms with van der Waals surface area (Å²) in [6.07, 6.45) is 0. The number of fused-ring (bicyclic) bond motifs is 8. The van der Waals surface area contributed by atoms with E-state index in [4.69, 9.17) is 0 Å². The Morgan fingerprint density at radius 2 is 0.769 bits per heavy atom. The van der Waals surface area contributed by atoms with Crippen molar-refractivity contribution < 1.29 is 0 Å². The van der Waals surface area contributed by atoms with Crippen molar-refractivity contribution in [3.8, 4) is 33.6 Å². The molecular weight excluding hydrogens is 629 g/mol. The average molecular weight is 661 g/mol. The first-order valence-corrected chi connectivity index (χ1v) is 17.9. The van der Waals surface area contributed by atoms with E-state index < -0.39 is 0 Å². The normalized spacial score (nSPS) is 11.8. The predicted octanol–water partition coefficient (Wildman–Crippen LogP) is 13.5. The van der Waals surface area contributed by atoms with Gasteiger partial charge in [0.2, 0.25) is 0 Å². The molecule has 2 heteroatoms. The predicted molar refractivity (Wildman–Crippen MR) is 221 cm³/mol. The van der Waals surface area contributed by atoms with E-state index in [0.717, 1.165) is 0 Å². The summed E-state index contributed by atoms with van der Waals surface area (Å²) in [7, 11) is 0. The molecule has 2 heterocycles. The Morgan fingerprint density at radius 3 is 1.40 bits per heavy atom. The SMILES string of the molecule is c1ccc(-n2c3ccccc3c3cc(-c4cccc5cccc(-c6ccc7c(c6)c6ccccc6n7-c6ccc7ccccc7c6)c45)ccc32)cc1. The second kappa shape index (κ2) is 11.3. The molecule has 0 atom stereocenters. The second-order valence-corrected chi connectivity index (χ2v) is 13.7. The maximum absolute atomic E-state index is 2.41. The molecule has 11 aromatic rings. The van der Waals surface area contributed by atoms with Crippen LogP contribution in [0.15, 0.2) is 194 Å². The van der Waals surface area contributed by atoms with E-state index in [9.17, 15) is 0 Å². The van der Waals surface area contributed by atoms with Gasteiger partial charge in [-0.15, -0.1) is 0 Å². The molecule has 0 saturated carbocycles. The maximum atomic E-state index is 2.41. The molecule has 0 aliphatic carbocycles. The second-order valence-electron chi connectivity index (χ2n) is 13.7. The maximum Gasteiger partial charge on any atom is 0.0541 e. The molecule has 0 aliphatic rings. The summed E-state index contributed by atoms with van der Waals surface area (Å²) in [5.41, 5.74) is 12.1. The van der Waals surface area contributed by atoms with Crippen LogP contribution in [-0.4, -0.2) is 9.13 Å². The molecule has 2 aromatic heterocycles. The zero-order chi connectivity index (χ0) is 34.2. The van der Waals surface area contributed by atoms with Gasteiger partial charge < -0.3 is 9.13 Å². The minimum absolute atomic E-state index is 1.17. The molecule has 0 unspecified atom stereocenters. The fourth-order valence-electron chi connectivity index (χ4n) is 8.55. The van der Waals surface area contributed by atoms with Crippen LogP contribution in [0.1, 0.15) is 0 Å². The third kappa shape index (κ3) is 4.31. The van der Waals surface area contributed by atoms with Gasteiger partial charge in [-0.1, -0.05) is 133 Å². The molecule has 11 rings (SSSR count). The summed E-state index contributed by atoms with van der Waals surface area (Å²) < 4.78 is 4.79. The average Bonchev–Trinajstić information content (AvgIpc) is 3.73. The number of benzene rings is 9. The number of nitrogens with zero attached hydrogens (tertiary/aromatic N) is 2. The number of hydrogen-bond donors (Lipinski definition) is 0. The van der Waals surface area contributed by atoms with E-state index in [-0.39, 0.29) is 0 Å². The summed E-state index contributed by atoms with van der Waals surface area (Å²) in [6.45, 7) is 0. The van der Waals surface area contributed by atoms with Gasteiger partial charge in [-0.3, -0.25) is 0 Å². The van der Waals surface area contributed by atoms with Gasteiger partial charge in [0, 0.05) is 32.9 Å². The Balaban J connectivity index is 1.12. The number of rotatable bonds is 4. The van der Waals surface area contributed by atoms with Crippen molar-refractivity contribution in [3.05, 3.63) is 194 Å². The highest BCUT2D eigenvalue weighted by Crippen LogP contribution is 2.42. The van der Waals surface area contributed by atoms with Crippen molar-refractivity contribution in [1.29, 1.82) is 0 Å². The summed E-state index contributed by atoms with van der Waals surface area (Å²) in [6, 6.07) is 71.1. The van der Waals surface area contributed by atoms with Gasteiger partial charge in [0.25, 0.3) is 0 Å². The molecule has 52 heavy (non-hydrogen) atoms. The summed E-state index contributed by atoms with van der Waals surface area (Å²) in [4.78, 5) is 0. The number of aromatic nitrogens is 2. The highest BCUT2D eigenvalue weighted by molar-refractivity contribution is 6.15. The van der Waals surface area contributed by atoms with Crippen LogP contribution in [0, 0.1) is 0 Å². The fourth-order valence-corrected chi connectivity index (χ4v) is 8.55. The molecule has 0 bridgehead atoms. The third-order valence-corrected chi connectivity index (χ3v) is 10.9. The lowest BCUT2D eigenvalue weighted by Crippen LogP contribution is -1.94. The van der Waals surface area contributed by atoms with E-state index in [1.165, 1.54) is 98.8 Å². The van der Waals surface area contributed by atoms with E-state index >= 15 is 0 Å². The smallest absolute Gasteiger partial charge is 0.0541 e. The quantitative estimate of drug-likeness (QED) is 0.178. The first kappa shape index (κ1) is 28.9. The molecule has 9 aromatic carbocycles. The Bertz CT molecular complexity index is 3170. The lowest BCUT2D eigenvalue weighted by Gasteiger charge is -2.14. The standard InChI is InChI=1S/C50H32N2/c1-2-16-38(17-3-1)51-46-22-8-6-18-42(46)44-31-36(25-28-48(44)51)40-20-10-14-34-15-11-21-41(50(34)40)37-26-29-49-45(32-37)43-19-7-9-23-47(43)52(49)39-27-24-33-12-4-5-13-35(33)30-39/h1-32H. The van der Waals surface area contributed by atoms with Gasteiger partial charge in [0.05, 0.1) is 22.1 Å². The molecule has 2 nitrogen and oxygen atoms in total. The van der Waals surface area contributed by atoms with Crippen LogP contribution in [0.25, 0.3) is 98.8 Å². The Labute approximate surface area is 301 Å². The largest absolute Gasteiger partial charge is 0.309 e. The van der Waals surface area contributed by atoms with Gasteiger partial charge in [-0.25, -0.2) is 0 Å². The van der Waals surface area contributed by atoms with E-state index in [0.29, 0.717) is 0 Å². The van der Waals surface area contributed by atoms with Crippen molar-refractivity contribution >= 4 is 65.2 Å².